The van der Waals surface area contributed by atoms with Crippen molar-refractivity contribution in [1.29, 1.82) is 0 Å². The number of nitrogens with zero attached hydrogens (tertiary/aromatic N) is 1. The van der Waals surface area contributed by atoms with Crippen LogP contribution in [0.5, 0.6) is 5.75 Å². The van der Waals surface area contributed by atoms with E-state index >= 15 is 0 Å². The maximum absolute atomic E-state index is 13.5. The molecule has 0 N–H and O–H groups in total. The van der Waals surface area contributed by atoms with E-state index in [-0.39, 0.29) is 36.8 Å². The predicted molar refractivity (Wildman–Crippen MR) is 124 cm³/mol. The molecule has 2 atom stereocenters. The molecule has 0 saturated carbocycles. The Morgan fingerprint density at radius 2 is 1.24 bits per heavy atom. The van der Waals surface area contributed by atoms with Crippen molar-refractivity contribution in [2.24, 2.45) is 11.8 Å². The highest BCUT2D eigenvalue weighted by atomic mass is 16.5. The Morgan fingerprint density at radius 3 is 1.68 bits per heavy atom. The summed E-state index contributed by atoms with van der Waals surface area (Å²) in [6, 6.07) is 22.9. The number of rotatable bonds is 5. The summed E-state index contributed by atoms with van der Waals surface area (Å²) in [6.45, 7) is 0.00963. The minimum Gasteiger partial charge on any atom is -0.497 e. The third kappa shape index (κ3) is 2.91. The highest BCUT2D eigenvalue weighted by Gasteiger charge is 2.61. The summed E-state index contributed by atoms with van der Waals surface area (Å²) in [5.41, 5.74) is 4.95. The van der Waals surface area contributed by atoms with Gasteiger partial charge in [0.05, 0.1) is 31.1 Å². The van der Waals surface area contributed by atoms with Gasteiger partial charge in [-0.2, -0.15) is 0 Å². The Morgan fingerprint density at radius 1 is 0.765 bits per heavy atom. The quantitative estimate of drug-likeness (QED) is 0.435. The van der Waals surface area contributed by atoms with Crippen molar-refractivity contribution in [3.8, 4) is 5.75 Å². The molecular weight excluding hydrogens is 430 g/mol. The topological polar surface area (TPSA) is 72.9 Å². The maximum Gasteiger partial charge on any atom is 0.338 e. The minimum atomic E-state index is -0.501. The second-order valence-corrected chi connectivity index (χ2v) is 8.96. The molecule has 6 heteroatoms. The van der Waals surface area contributed by atoms with E-state index in [0.29, 0.717) is 11.3 Å². The first-order chi connectivity index (χ1) is 16.6. The molecule has 3 aromatic carbocycles. The number of hydrogen-bond acceptors (Lipinski definition) is 5. The summed E-state index contributed by atoms with van der Waals surface area (Å²) in [5.74, 6) is -1.30. The van der Waals surface area contributed by atoms with Crippen LogP contribution < -0.4 is 4.74 Å². The molecular formula is C28H23NO5. The molecule has 0 spiro atoms. The Kier molecular flexibility index (Phi) is 4.76. The van der Waals surface area contributed by atoms with Crippen molar-refractivity contribution < 1.29 is 23.9 Å². The molecule has 2 amide bonds. The number of carbonyl (C=O) groups is 3. The van der Waals surface area contributed by atoms with E-state index in [4.69, 9.17) is 9.47 Å². The molecule has 1 aliphatic heterocycles. The van der Waals surface area contributed by atoms with Crippen LogP contribution in [-0.2, 0) is 14.3 Å². The predicted octanol–water partition coefficient (Wildman–Crippen LogP) is 3.74. The van der Waals surface area contributed by atoms with E-state index < -0.39 is 17.8 Å². The third-order valence-corrected chi connectivity index (χ3v) is 7.41. The average molecular weight is 453 g/mol. The van der Waals surface area contributed by atoms with Gasteiger partial charge in [0.1, 0.15) is 12.4 Å². The fraction of sp³-hybridized carbons (Fsp3) is 0.250. The van der Waals surface area contributed by atoms with Crippen LogP contribution in [0, 0.1) is 11.8 Å². The third-order valence-electron chi connectivity index (χ3n) is 7.41. The van der Waals surface area contributed by atoms with Gasteiger partial charge >= 0.3 is 5.97 Å². The largest absolute Gasteiger partial charge is 0.497 e. The van der Waals surface area contributed by atoms with Gasteiger partial charge < -0.3 is 9.47 Å². The van der Waals surface area contributed by atoms with Gasteiger partial charge in [-0.3, -0.25) is 14.5 Å². The number of benzene rings is 3. The molecule has 4 aliphatic rings. The molecule has 3 aliphatic carbocycles. The molecule has 2 bridgehead atoms. The van der Waals surface area contributed by atoms with Gasteiger partial charge in [-0.1, -0.05) is 48.5 Å². The van der Waals surface area contributed by atoms with E-state index in [2.05, 4.69) is 24.3 Å². The van der Waals surface area contributed by atoms with Crippen molar-refractivity contribution in [3.05, 3.63) is 101 Å². The van der Waals surface area contributed by atoms with E-state index in [9.17, 15) is 14.4 Å². The molecule has 3 aromatic rings. The Hall–Kier alpha value is -3.93. The molecule has 34 heavy (non-hydrogen) atoms. The summed E-state index contributed by atoms with van der Waals surface area (Å²) >= 11 is 0. The molecule has 0 aromatic heterocycles. The maximum atomic E-state index is 13.5. The summed E-state index contributed by atoms with van der Waals surface area (Å²) in [4.78, 5) is 40.7. The number of hydrogen-bond donors (Lipinski definition) is 0. The fourth-order valence-electron chi connectivity index (χ4n) is 6.00. The van der Waals surface area contributed by atoms with Crippen LogP contribution >= 0.6 is 0 Å². The molecule has 1 heterocycles. The van der Waals surface area contributed by atoms with Gasteiger partial charge in [-0.25, -0.2) is 4.79 Å². The molecule has 1 fully saturated rings. The molecule has 6 nitrogen and oxygen atoms in total. The number of amides is 2. The van der Waals surface area contributed by atoms with Gasteiger partial charge in [0.25, 0.3) is 0 Å². The van der Waals surface area contributed by atoms with Crippen LogP contribution in [0.15, 0.2) is 72.8 Å². The van der Waals surface area contributed by atoms with E-state index in [1.54, 1.807) is 31.4 Å². The van der Waals surface area contributed by atoms with E-state index in [1.165, 1.54) is 4.90 Å². The monoisotopic (exact) mass is 453 g/mol. The fourth-order valence-corrected chi connectivity index (χ4v) is 6.00. The van der Waals surface area contributed by atoms with Crippen molar-refractivity contribution in [1.82, 2.24) is 4.90 Å². The standard InChI is InChI=1S/C28H23NO5/c1-33-17-12-10-16(11-13-17)28(32)34-15-14-29-26(30)24-22-18-6-2-3-7-19(18)23(25(24)27(29)31)21-9-5-4-8-20(21)22/h2-13,22-25H,14-15H2,1H3/t22?,23?,24-,25+. The normalized spacial score (nSPS) is 23.9. The van der Waals surface area contributed by atoms with Gasteiger partial charge in [0, 0.05) is 11.8 Å². The van der Waals surface area contributed by atoms with Gasteiger partial charge in [0.2, 0.25) is 11.8 Å². The molecule has 1 saturated heterocycles. The van der Waals surface area contributed by atoms with Gasteiger partial charge in [-0.15, -0.1) is 0 Å². The lowest BCUT2D eigenvalue weighted by atomic mass is 9.55. The SMILES string of the molecule is COc1ccc(C(=O)OCCN2C(=O)[C@@H]3C4c5ccccc5C(c5ccccc54)[C@@H]3C2=O)cc1. The summed E-state index contributed by atoms with van der Waals surface area (Å²) in [5, 5.41) is 0. The first-order valence-corrected chi connectivity index (χ1v) is 11.4. The lowest BCUT2D eigenvalue weighted by Crippen LogP contribution is -2.41. The van der Waals surface area contributed by atoms with Crippen molar-refractivity contribution in [3.63, 3.8) is 0 Å². The summed E-state index contributed by atoms with van der Waals surface area (Å²) in [6.07, 6.45) is 0. The van der Waals surface area contributed by atoms with Crippen molar-refractivity contribution in [2.45, 2.75) is 11.8 Å². The number of methoxy groups -OCH3 is 1. The number of esters is 1. The zero-order valence-electron chi connectivity index (χ0n) is 18.6. The van der Waals surface area contributed by atoms with E-state index in [1.807, 2.05) is 24.3 Å². The highest BCUT2D eigenvalue weighted by Crippen LogP contribution is 2.60. The Bertz CT molecular complexity index is 1200. The van der Waals surface area contributed by atoms with Crippen LogP contribution in [0.4, 0.5) is 0 Å². The van der Waals surface area contributed by atoms with Crippen LogP contribution in [0.1, 0.15) is 44.4 Å². The van der Waals surface area contributed by atoms with Crippen molar-refractivity contribution in [2.75, 3.05) is 20.3 Å². The first kappa shape index (κ1) is 20.7. The van der Waals surface area contributed by atoms with Crippen LogP contribution in [-0.4, -0.2) is 42.9 Å². The first-order valence-electron chi connectivity index (χ1n) is 11.4. The second-order valence-electron chi connectivity index (χ2n) is 8.96. The lowest BCUT2D eigenvalue weighted by Gasteiger charge is -2.45. The average Bonchev–Trinajstić information content (AvgIpc) is 3.14. The van der Waals surface area contributed by atoms with Crippen LogP contribution in [0.2, 0.25) is 0 Å². The summed E-state index contributed by atoms with van der Waals surface area (Å²) in [7, 11) is 1.55. The lowest BCUT2D eigenvalue weighted by molar-refractivity contribution is -0.140. The van der Waals surface area contributed by atoms with Crippen LogP contribution in [0.25, 0.3) is 0 Å². The van der Waals surface area contributed by atoms with Crippen LogP contribution in [0.3, 0.4) is 0 Å². The highest BCUT2D eigenvalue weighted by molar-refractivity contribution is 6.07. The number of ether oxygens (including phenoxy) is 2. The van der Waals surface area contributed by atoms with Crippen molar-refractivity contribution >= 4 is 17.8 Å². The number of carbonyl (C=O) groups excluding carboxylic acids is 3. The Balaban J connectivity index is 1.23. The number of imide groups is 1. The number of likely N-dealkylation sites (tertiary alicyclic amines) is 1. The zero-order chi connectivity index (χ0) is 23.4. The molecule has 170 valence electrons. The van der Waals surface area contributed by atoms with Gasteiger partial charge in [0.15, 0.2) is 0 Å². The Labute approximate surface area is 197 Å². The van der Waals surface area contributed by atoms with Gasteiger partial charge in [-0.05, 0) is 46.5 Å². The second kappa shape index (κ2) is 7.83. The molecule has 7 rings (SSSR count). The minimum absolute atomic E-state index is 0.0446. The molecule has 0 radical (unpaired) electrons. The smallest absolute Gasteiger partial charge is 0.338 e. The van der Waals surface area contributed by atoms with E-state index in [0.717, 1.165) is 22.3 Å². The summed E-state index contributed by atoms with van der Waals surface area (Å²) < 4.78 is 10.5. The zero-order valence-corrected chi connectivity index (χ0v) is 18.6. The molecule has 0 unspecified atom stereocenters.